The quantitative estimate of drug-likeness (QED) is 0.737. The summed E-state index contributed by atoms with van der Waals surface area (Å²) in [6, 6.07) is 10.7. The summed E-state index contributed by atoms with van der Waals surface area (Å²) in [5.74, 6) is 1.93. The van der Waals surface area contributed by atoms with E-state index in [4.69, 9.17) is 4.74 Å². The van der Waals surface area contributed by atoms with Crippen molar-refractivity contribution in [3.8, 4) is 5.75 Å². The van der Waals surface area contributed by atoms with Crippen molar-refractivity contribution >= 4 is 16.6 Å². The third-order valence-electron chi connectivity index (χ3n) is 6.30. The minimum atomic E-state index is -0.0936. The number of carbonyl (C=O) groups excluding carboxylic acids is 1. The molecule has 0 aromatic heterocycles. The van der Waals surface area contributed by atoms with E-state index in [-0.39, 0.29) is 5.41 Å². The van der Waals surface area contributed by atoms with Gasteiger partial charge in [-0.3, -0.25) is 4.79 Å². The van der Waals surface area contributed by atoms with Crippen LogP contribution >= 0.6 is 0 Å². The summed E-state index contributed by atoms with van der Waals surface area (Å²) >= 11 is 0. The second-order valence-electron chi connectivity index (χ2n) is 7.44. The average Bonchev–Trinajstić information content (AvgIpc) is 3.15. The van der Waals surface area contributed by atoms with E-state index in [2.05, 4.69) is 30.3 Å². The maximum Gasteiger partial charge on any atom is 0.144 e. The van der Waals surface area contributed by atoms with Crippen molar-refractivity contribution in [1.82, 2.24) is 0 Å². The van der Waals surface area contributed by atoms with E-state index in [9.17, 15) is 4.79 Å². The first-order valence-electron chi connectivity index (χ1n) is 8.49. The molecule has 0 amide bonds. The molecule has 1 fully saturated rings. The number of carbonyl (C=O) groups is 1. The standard InChI is InChI=1S/C21H20O2/c1-23-19-5-3-14-7-16-10-20(22)21(11-13-2-4-18(21)6-13)12-17(16)8-15(14)9-19/h2-3,5,7-9,18H,4,6,10-12H2,1H3. The number of fused-ring (bicyclic) bond motifs is 5. The van der Waals surface area contributed by atoms with Crippen LogP contribution < -0.4 is 4.74 Å². The number of allylic oxidation sites excluding steroid dienone is 2. The van der Waals surface area contributed by atoms with Gasteiger partial charge in [-0.2, -0.15) is 0 Å². The molecule has 3 aliphatic rings. The Kier molecular flexibility index (Phi) is 2.60. The third-order valence-corrected chi connectivity index (χ3v) is 6.30. The Morgan fingerprint density at radius 3 is 2.70 bits per heavy atom. The van der Waals surface area contributed by atoms with Gasteiger partial charge in [0.25, 0.3) is 0 Å². The molecule has 0 heterocycles. The van der Waals surface area contributed by atoms with Gasteiger partial charge in [-0.15, -0.1) is 0 Å². The summed E-state index contributed by atoms with van der Waals surface area (Å²) in [4.78, 5) is 13.0. The largest absolute Gasteiger partial charge is 0.497 e. The molecular weight excluding hydrogens is 284 g/mol. The summed E-state index contributed by atoms with van der Waals surface area (Å²) in [5, 5.41) is 2.42. The van der Waals surface area contributed by atoms with E-state index in [1.54, 1.807) is 7.11 Å². The molecule has 0 N–H and O–H groups in total. The van der Waals surface area contributed by atoms with Crippen LogP contribution in [0, 0.1) is 11.3 Å². The van der Waals surface area contributed by atoms with E-state index in [0.717, 1.165) is 31.4 Å². The second-order valence-corrected chi connectivity index (χ2v) is 7.44. The molecular formula is C21H20O2. The highest BCUT2D eigenvalue weighted by molar-refractivity contribution is 5.93. The molecule has 2 aromatic carbocycles. The van der Waals surface area contributed by atoms with Crippen molar-refractivity contribution < 1.29 is 9.53 Å². The van der Waals surface area contributed by atoms with Gasteiger partial charge in [0.1, 0.15) is 11.5 Å². The van der Waals surface area contributed by atoms with Gasteiger partial charge >= 0.3 is 0 Å². The molecule has 0 radical (unpaired) electrons. The van der Waals surface area contributed by atoms with Gasteiger partial charge in [-0.1, -0.05) is 29.8 Å². The molecule has 2 atom stereocenters. The van der Waals surface area contributed by atoms with Crippen molar-refractivity contribution in [3.05, 3.63) is 53.1 Å². The Morgan fingerprint density at radius 1 is 1.09 bits per heavy atom. The molecule has 3 aliphatic carbocycles. The first kappa shape index (κ1) is 13.4. The van der Waals surface area contributed by atoms with Crippen molar-refractivity contribution in [1.29, 1.82) is 0 Å². The van der Waals surface area contributed by atoms with E-state index < -0.39 is 0 Å². The highest BCUT2D eigenvalue weighted by Gasteiger charge is 2.53. The molecule has 2 nitrogen and oxygen atoms in total. The number of benzene rings is 2. The molecule has 1 spiro atoms. The van der Waals surface area contributed by atoms with Gasteiger partial charge in [-0.25, -0.2) is 0 Å². The van der Waals surface area contributed by atoms with E-state index in [1.807, 2.05) is 6.07 Å². The number of hydrogen-bond acceptors (Lipinski definition) is 2. The lowest BCUT2D eigenvalue weighted by atomic mass is 9.63. The first-order chi connectivity index (χ1) is 11.2. The lowest BCUT2D eigenvalue weighted by Crippen LogP contribution is -2.42. The molecule has 116 valence electrons. The molecule has 2 heteroatoms. The number of hydrogen-bond donors (Lipinski definition) is 0. The number of Topliss-reactive ketones (excluding diaryl/α,β-unsaturated/α-hetero) is 1. The van der Waals surface area contributed by atoms with E-state index >= 15 is 0 Å². The summed E-state index contributed by atoms with van der Waals surface area (Å²) < 4.78 is 5.36. The van der Waals surface area contributed by atoms with Gasteiger partial charge in [-0.05, 0) is 65.6 Å². The smallest absolute Gasteiger partial charge is 0.144 e. The minimum absolute atomic E-state index is 0.0936. The van der Waals surface area contributed by atoms with Crippen molar-refractivity contribution in [2.24, 2.45) is 11.3 Å². The highest BCUT2D eigenvalue weighted by Crippen LogP contribution is 2.57. The first-order valence-corrected chi connectivity index (χ1v) is 8.49. The monoisotopic (exact) mass is 304 g/mol. The Balaban J connectivity index is 1.63. The second kappa shape index (κ2) is 4.47. The Bertz CT molecular complexity index is 877. The summed E-state index contributed by atoms with van der Waals surface area (Å²) in [6.45, 7) is 0. The fourth-order valence-electron chi connectivity index (χ4n) is 5.05. The number of rotatable bonds is 1. The van der Waals surface area contributed by atoms with Crippen LogP contribution in [0.5, 0.6) is 5.75 Å². The van der Waals surface area contributed by atoms with Crippen LogP contribution in [-0.2, 0) is 17.6 Å². The van der Waals surface area contributed by atoms with Crippen LogP contribution in [0.15, 0.2) is 42.0 Å². The predicted molar refractivity (Wildman–Crippen MR) is 90.8 cm³/mol. The molecule has 0 saturated heterocycles. The fraction of sp³-hybridized carbons (Fsp3) is 0.381. The Labute approximate surface area is 136 Å². The third kappa shape index (κ3) is 1.78. The maximum absolute atomic E-state index is 13.0. The van der Waals surface area contributed by atoms with Crippen LogP contribution in [0.4, 0.5) is 0 Å². The SMILES string of the molecule is COc1ccc2cc3c(cc2c1)CC1(CC2=CCC1C2)C(=O)C3. The zero-order chi connectivity index (χ0) is 15.6. The van der Waals surface area contributed by atoms with Crippen LogP contribution in [0.1, 0.15) is 30.4 Å². The van der Waals surface area contributed by atoms with Gasteiger partial charge in [0, 0.05) is 11.8 Å². The highest BCUT2D eigenvalue weighted by atomic mass is 16.5. The summed E-state index contributed by atoms with van der Waals surface area (Å²) in [6.07, 6.45) is 7.17. The molecule has 0 aliphatic heterocycles. The molecule has 2 aromatic rings. The van der Waals surface area contributed by atoms with Crippen molar-refractivity contribution in [3.63, 3.8) is 0 Å². The molecule has 23 heavy (non-hydrogen) atoms. The van der Waals surface area contributed by atoms with Crippen LogP contribution in [0.2, 0.25) is 0 Å². The molecule has 1 saturated carbocycles. The van der Waals surface area contributed by atoms with Gasteiger partial charge in [0.2, 0.25) is 0 Å². The number of ketones is 1. The number of methoxy groups -OCH3 is 1. The van der Waals surface area contributed by atoms with Crippen molar-refractivity contribution in [2.75, 3.05) is 7.11 Å². The zero-order valence-electron chi connectivity index (χ0n) is 13.4. The normalized spacial score (nSPS) is 28.3. The topological polar surface area (TPSA) is 26.3 Å². The maximum atomic E-state index is 13.0. The average molecular weight is 304 g/mol. The van der Waals surface area contributed by atoms with E-state index in [0.29, 0.717) is 18.1 Å². The summed E-state index contributed by atoms with van der Waals surface area (Å²) in [5.41, 5.74) is 4.03. The van der Waals surface area contributed by atoms with Crippen LogP contribution in [0.25, 0.3) is 10.8 Å². The lowest BCUT2D eigenvalue weighted by molar-refractivity contribution is -0.131. The number of ether oxygens (including phenoxy) is 1. The molecule has 2 unspecified atom stereocenters. The zero-order valence-corrected chi connectivity index (χ0v) is 13.4. The predicted octanol–water partition coefficient (Wildman–Crippen LogP) is 4.24. The lowest BCUT2D eigenvalue weighted by Gasteiger charge is -2.39. The van der Waals surface area contributed by atoms with Gasteiger partial charge in [0.15, 0.2) is 0 Å². The Morgan fingerprint density at radius 2 is 1.96 bits per heavy atom. The van der Waals surface area contributed by atoms with Crippen LogP contribution in [-0.4, -0.2) is 12.9 Å². The Hall–Kier alpha value is -2.09. The molecule has 2 bridgehead atoms. The molecule has 5 rings (SSSR count). The summed E-state index contributed by atoms with van der Waals surface area (Å²) in [7, 11) is 1.70. The fourth-order valence-corrected chi connectivity index (χ4v) is 5.05. The van der Waals surface area contributed by atoms with Crippen molar-refractivity contribution in [2.45, 2.75) is 32.1 Å². The van der Waals surface area contributed by atoms with Crippen LogP contribution in [0.3, 0.4) is 0 Å². The van der Waals surface area contributed by atoms with E-state index in [1.165, 1.54) is 27.5 Å². The van der Waals surface area contributed by atoms with Gasteiger partial charge < -0.3 is 4.74 Å². The minimum Gasteiger partial charge on any atom is -0.497 e. The van der Waals surface area contributed by atoms with Gasteiger partial charge in [0.05, 0.1) is 7.11 Å².